The third-order valence-electron chi connectivity index (χ3n) is 3.45. The van der Waals surface area contributed by atoms with Crippen molar-refractivity contribution in [1.29, 1.82) is 0 Å². The molecule has 0 aliphatic heterocycles. The first kappa shape index (κ1) is 14.3. The molecule has 0 bridgehead atoms. The molecule has 0 aromatic rings. The van der Waals surface area contributed by atoms with Crippen LogP contribution in [0.15, 0.2) is 12.2 Å². The lowest BCUT2D eigenvalue weighted by Gasteiger charge is -2.20. The van der Waals surface area contributed by atoms with E-state index in [1.807, 2.05) is 6.92 Å². The number of hydrogen-bond acceptors (Lipinski definition) is 2. The molecule has 0 heterocycles. The molecular weight excluding hydrogens is 212 g/mol. The molecule has 0 aromatic heterocycles. The Bertz CT molecular complexity index is 227. The summed E-state index contributed by atoms with van der Waals surface area (Å²) >= 11 is 0. The van der Waals surface area contributed by atoms with Gasteiger partial charge in [-0.3, -0.25) is 4.79 Å². The van der Waals surface area contributed by atoms with Gasteiger partial charge in [0.15, 0.2) is 0 Å². The molecule has 17 heavy (non-hydrogen) atoms. The maximum atomic E-state index is 11.1. The molecule has 2 heteroatoms. The number of ether oxygens (including phenoxy) is 1. The van der Waals surface area contributed by atoms with Gasteiger partial charge in [-0.15, -0.1) is 0 Å². The number of carbonyl (C=O) groups excluding carboxylic acids is 1. The number of esters is 1. The van der Waals surface area contributed by atoms with Crippen molar-refractivity contribution in [2.45, 2.75) is 64.7 Å². The van der Waals surface area contributed by atoms with Gasteiger partial charge in [-0.1, -0.05) is 44.3 Å². The molecule has 0 spiro atoms. The highest BCUT2D eigenvalue weighted by molar-refractivity contribution is 5.69. The van der Waals surface area contributed by atoms with E-state index in [-0.39, 0.29) is 5.97 Å². The van der Waals surface area contributed by atoms with Crippen LogP contribution in [0.5, 0.6) is 0 Å². The second-order valence-electron chi connectivity index (χ2n) is 4.90. The van der Waals surface area contributed by atoms with Crippen LogP contribution in [-0.4, -0.2) is 12.6 Å². The molecule has 98 valence electrons. The highest BCUT2D eigenvalue weighted by atomic mass is 16.5. The summed E-state index contributed by atoms with van der Waals surface area (Å²) in [5, 5.41) is 0. The summed E-state index contributed by atoms with van der Waals surface area (Å²) in [5.41, 5.74) is 0. The van der Waals surface area contributed by atoms with Gasteiger partial charge in [-0.2, -0.15) is 0 Å². The van der Waals surface area contributed by atoms with E-state index in [0.717, 1.165) is 12.3 Å². The molecule has 0 saturated heterocycles. The zero-order valence-corrected chi connectivity index (χ0v) is 11.1. The topological polar surface area (TPSA) is 26.3 Å². The highest BCUT2D eigenvalue weighted by Gasteiger charge is 2.11. The maximum Gasteiger partial charge on any atom is 0.306 e. The Kier molecular flexibility index (Phi) is 7.78. The lowest BCUT2D eigenvalue weighted by molar-refractivity contribution is -0.142. The molecule has 1 rings (SSSR count). The fourth-order valence-electron chi connectivity index (χ4n) is 2.48. The molecule has 0 N–H and O–H groups in total. The molecule has 0 radical (unpaired) electrons. The molecule has 0 atom stereocenters. The van der Waals surface area contributed by atoms with Crippen molar-refractivity contribution in [3.63, 3.8) is 0 Å². The molecule has 0 amide bonds. The molecular formula is C15H26O2. The van der Waals surface area contributed by atoms with E-state index in [1.54, 1.807) is 0 Å². The Labute approximate surface area is 105 Å². The zero-order chi connectivity index (χ0) is 12.3. The van der Waals surface area contributed by atoms with Crippen molar-refractivity contribution in [1.82, 2.24) is 0 Å². The minimum Gasteiger partial charge on any atom is -0.466 e. The van der Waals surface area contributed by atoms with Gasteiger partial charge in [0, 0.05) is 6.42 Å². The predicted molar refractivity (Wildman–Crippen MR) is 70.8 cm³/mol. The van der Waals surface area contributed by atoms with Crippen LogP contribution in [0.4, 0.5) is 0 Å². The minimum absolute atomic E-state index is 0.0792. The monoisotopic (exact) mass is 238 g/mol. The summed E-state index contributed by atoms with van der Waals surface area (Å²) in [6, 6.07) is 0. The van der Waals surface area contributed by atoms with E-state index in [4.69, 9.17) is 4.74 Å². The van der Waals surface area contributed by atoms with E-state index in [9.17, 15) is 4.79 Å². The standard InChI is InChI=1S/C15H26O2/c1-2-17-15(16)13-9-4-3-6-10-14-11-7-5-8-12-14/h3-4,14H,2,5-13H2,1H3/b4-3+. The Morgan fingerprint density at radius 2 is 1.88 bits per heavy atom. The second kappa shape index (κ2) is 9.26. The first-order valence-electron chi connectivity index (χ1n) is 7.13. The average Bonchev–Trinajstić information content (AvgIpc) is 2.35. The third-order valence-corrected chi connectivity index (χ3v) is 3.45. The van der Waals surface area contributed by atoms with Crippen LogP contribution in [0.1, 0.15) is 64.7 Å². The van der Waals surface area contributed by atoms with E-state index >= 15 is 0 Å². The Morgan fingerprint density at radius 3 is 2.59 bits per heavy atom. The Hall–Kier alpha value is -0.790. The first-order valence-corrected chi connectivity index (χ1v) is 7.13. The first-order chi connectivity index (χ1) is 8.33. The van der Waals surface area contributed by atoms with Gasteiger partial charge in [0.1, 0.15) is 0 Å². The smallest absolute Gasteiger partial charge is 0.306 e. The number of carbonyl (C=O) groups is 1. The van der Waals surface area contributed by atoms with Gasteiger partial charge >= 0.3 is 5.97 Å². The van der Waals surface area contributed by atoms with Crippen molar-refractivity contribution < 1.29 is 9.53 Å². The van der Waals surface area contributed by atoms with Gasteiger partial charge in [-0.25, -0.2) is 0 Å². The van der Waals surface area contributed by atoms with Gasteiger partial charge in [-0.05, 0) is 32.1 Å². The SMILES string of the molecule is CCOC(=O)CC/C=C/CCC1CCCCC1. The van der Waals surface area contributed by atoms with Gasteiger partial charge in [0.2, 0.25) is 0 Å². The molecule has 1 fully saturated rings. The normalized spacial score (nSPS) is 17.5. The quantitative estimate of drug-likeness (QED) is 0.489. The van der Waals surface area contributed by atoms with Crippen LogP contribution in [0.2, 0.25) is 0 Å². The van der Waals surface area contributed by atoms with Gasteiger partial charge in [0.25, 0.3) is 0 Å². The lowest BCUT2D eigenvalue weighted by atomic mass is 9.86. The largest absolute Gasteiger partial charge is 0.466 e. The van der Waals surface area contributed by atoms with Crippen molar-refractivity contribution in [2.75, 3.05) is 6.61 Å². The number of rotatable bonds is 7. The maximum absolute atomic E-state index is 11.1. The molecule has 0 unspecified atom stereocenters. The van der Waals surface area contributed by atoms with Crippen LogP contribution >= 0.6 is 0 Å². The van der Waals surface area contributed by atoms with Crippen molar-refractivity contribution in [3.8, 4) is 0 Å². The molecule has 2 nitrogen and oxygen atoms in total. The summed E-state index contributed by atoms with van der Waals surface area (Å²) < 4.78 is 4.87. The predicted octanol–water partition coefficient (Wildman–Crippen LogP) is 4.25. The number of hydrogen-bond donors (Lipinski definition) is 0. The van der Waals surface area contributed by atoms with E-state index in [1.165, 1.54) is 44.9 Å². The fraction of sp³-hybridized carbons (Fsp3) is 0.800. The molecule has 0 aromatic carbocycles. The minimum atomic E-state index is -0.0792. The summed E-state index contributed by atoms with van der Waals surface area (Å²) in [4.78, 5) is 11.1. The Morgan fingerprint density at radius 1 is 1.18 bits per heavy atom. The highest BCUT2D eigenvalue weighted by Crippen LogP contribution is 2.27. The van der Waals surface area contributed by atoms with Crippen LogP contribution < -0.4 is 0 Å². The average molecular weight is 238 g/mol. The van der Waals surface area contributed by atoms with Crippen molar-refractivity contribution in [3.05, 3.63) is 12.2 Å². The third kappa shape index (κ3) is 7.19. The fourth-order valence-corrected chi connectivity index (χ4v) is 2.48. The molecule has 1 aliphatic rings. The lowest BCUT2D eigenvalue weighted by Crippen LogP contribution is -2.05. The van der Waals surface area contributed by atoms with E-state index in [2.05, 4.69) is 12.2 Å². The summed E-state index contributed by atoms with van der Waals surface area (Å²) in [5.74, 6) is 0.878. The van der Waals surface area contributed by atoms with Gasteiger partial charge in [0.05, 0.1) is 6.61 Å². The van der Waals surface area contributed by atoms with Crippen LogP contribution in [0.25, 0.3) is 0 Å². The number of allylic oxidation sites excluding steroid dienone is 2. The van der Waals surface area contributed by atoms with Crippen LogP contribution in [0.3, 0.4) is 0 Å². The molecule has 1 saturated carbocycles. The van der Waals surface area contributed by atoms with E-state index < -0.39 is 0 Å². The zero-order valence-electron chi connectivity index (χ0n) is 11.1. The van der Waals surface area contributed by atoms with Gasteiger partial charge < -0.3 is 4.74 Å². The summed E-state index contributed by atoms with van der Waals surface area (Å²) in [6.45, 7) is 2.34. The Balaban J connectivity index is 1.96. The van der Waals surface area contributed by atoms with Crippen LogP contribution in [-0.2, 0) is 9.53 Å². The second-order valence-corrected chi connectivity index (χ2v) is 4.90. The van der Waals surface area contributed by atoms with Crippen molar-refractivity contribution >= 4 is 5.97 Å². The summed E-state index contributed by atoms with van der Waals surface area (Å²) in [7, 11) is 0. The van der Waals surface area contributed by atoms with E-state index in [0.29, 0.717) is 13.0 Å². The molecule has 1 aliphatic carbocycles. The summed E-state index contributed by atoms with van der Waals surface area (Å²) in [6.07, 6.45) is 15.3. The van der Waals surface area contributed by atoms with Crippen molar-refractivity contribution in [2.24, 2.45) is 5.92 Å². The van der Waals surface area contributed by atoms with Crippen LogP contribution in [0, 0.1) is 5.92 Å².